The number of nitrogens with zero attached hydrogens (tertiary/aromatic N) is 3. The molecule has 2 aromatic rings. The number of fused-ring (bicyclic) bond motifs is 1. The second kappa shape index (κ2) is 5.99. The maximum Gasteiger partial charge on any atom is 0.256 e. The van der Waals surface area contributed by atoms with Crippen molar-refractivity contribution in [1.82, 2.24) is 15.0 Å². The van der Waals surface area contributed by atoms with Crippen LogP contribution in [0.1, 0.15) is 18.4 Å². The minimum atomic E-state index is 0.319. The molecule has 3 rings (SSSR count). The predicted octanol–water partition coefficient (Wildman–Crippen LogP) is 1.68. The molecule has 0 saturated heterocycles. The van der Waals surface area contributed by atoms with E-state index in [-0.39, 0.29) is 0 Å². The number of hydrogen-bond acceptors (Lipinski definition) is 6. The highest BCUT2D eigenvalue weighted by Crippen LogP contribution is 2.27. The van der Waals surface area contributed by atoms with E-state index in [4.69, 9.17) is 10.5 Å². The molecule has 3 heterocycles. The first-order valence-corrected chi connectivity index (χ1v) is 6.01. The van der Waals surface area contributed by atoms with Gasteiger partial charge in [0.1, 0.15) is 5.82 Å². The van der Waals surface area contributed by atoms with Crippen molar-refractivity contribution in [2.24, 2.45) is 0 Å². The largest absolute Gasteiger partial charge is 0.478 e. The summed E-state index contributed by atoms with van der Waals surface area (Å²) in [6.45, 7) is 3.24. The molecule has 0 amide bonds. The molecule has 0 radical (unpaired) electrons. The number of pyridine rings is 1. The second-order valence-electron chi connectivity index (χ2n) is 4.17. The van der Waals surface area contributed by atoms with E-state index in [9.17, 15) is 0 Å². The zero-order valence-corrected chi connectivity index (χ0v) is 11.0. The third kappa shape index (κ3) is 3.09. The van der Waals surface area contributed by atoms with E-state index >= 15 is 0 Å². The molecule has 0 bridgehead atoms. The maximum atomic E-state index is 5.33. The number of nitrogens with two attached hydrogens (primary N) is 1. The Labute approximate surface area is 112 Å². The zero-order valence-electron chi connectivity index (χ0n) is 11.0. The first kappa shape index (κ1) is 13.1. The van der Waals surface area contributed by atoms with Crippen LogP contribution in [0.25, 0.3) is 0 Å². The number of nitrogen functional groups attached to an aromatic ring is 1. The molecule has 0 fully saturated rings. The van der Waals surface area contributed by atoms with Gasteiger partial charge in [-0.05, 0) is 11.6 Å². The van der Waals surface area contributed by atoms with Gasteiger partial charge in [0.15, 0.2) is 5.82 Å². The fraction of sp³-hybridized carbons (Fsp3) is 0.308. The Morgan fingerprint density at radius 2 is 2.05 bits per heavy atom. The van der Waals surface area contributed by atoms with Gasteiger partial charge in [0, 0.05) is 31.1 Å². The van der Waals surface area contributed by atoms with Crippen LogP contribution in [-0.4, -0.2) is 28.6 Å². The number of anilines is 2. The molecule has 2 aromatic heterocycles. The molecule has 3 N–H and O–H groups in total. The maximum absolute atomic E-state index is 5.33. The van der Waals surface area contributed by atoms with Gasteiger partial charge < -0.3 is 15.8 Å². The lowest BCUT2D eigenvalue weighted by Crippen LogP contribution is -1.96. The first-order valence-electron chi connectivity index (χ1n) is 6.01. The molecule has 6 nitrogen and oxygen atoms in total. The van der Waals surface area contributed by atoms with Crippen LogP contribution in [0.15, 0.2) is 30.7 Å². The van der Waals surface area contributed by atoms with Crippen molar-refractivity contribution in [2.75, 3.05) is 24.7 Å². The van der Waals surface area contributed by atoms with Gasteiger partial charge in [-0.3, -0.25) is 0 Å². The molecule has 1 aliphatic heterocycles. The normalized spacial score (nSPS) is 15.8. The number of methoxy groups -OCH3 is 1. The summed E-state index contributed by atoms with van der Waals surface area (Å²) >= 11 is 0. The Hall–Kier alpha value is -2.37. The van der Waals surface area contributed by atoms with Crippen LogP contribution in [0.5, 0.6) is 5.88 Å². The Balaban J connectivity index is 0.000000141. The van der Waals surface area contributed by atoms with Gasteiger partial charge in [0.25, 0.3) is 5.88 Å². The van der Waals surface area contributed by atoms with Crippen molar-refractivity contribution in [1.29, 1.82) is 0 Å². The average molecular weight is 259 g/mol. The molecule has 100 valence electrons. The van der Waals surface area contributed by atoms with Gasteiger partial charge in [-0.25, -0.2) is 15.0 Å². The fourth-order valence-corrected chi connectivity index (χ4v) is 1.82. The molecule has 1 aliphatic rings. The van der Waals surface area contributed by atoms with Crippen LogP contribution in [0.3, 0.4) is 0 Å². The third-order valence-electron chi connectivity index (χ3n) is 2.83. The summed E-state index contributed by atoms with van der Waals surface area (Å²) < 4.78 is 4.75. The number of hydrogen-bond donors (Lipinski definition) is 2. The Bertz CT molecular complexity index is 546. The standard InChI is InChI=1S/C8H10N2.C5H7N3O/c1-6-5-10-8-7(6)3-2-4-9-8;1-9-5-4(6)7-2-3-8-5/h2-4,6H,5H2,1H3,(H,9,10);2-3H,1H3,(H2,6,7)/t6-;/m0./s1. The van der Waals surface area contributed by atoms with E-state index in [1.54, 1.807) is 0 Å². The van der Waals surface area contributed by atoms with Crippen molar-refractivity contribution in [3.63, 3.8) is 0 Å². The summed E-state index contributed by atoms with van der Waals surface area (Å²) in [5, 5.41) is 3.24. The van der Waals surface area contributed by atoms with Gasteiger partial charge in [-0.15, -0.1) is 0 Å². The molecular formula is C13H17N5O. The van der Waals surface area contributed by atoms with E-state index in [0.29, 0.717) is 17.6 Å². The molecule has 0 unspecified atom stereocenters. The van der Waals surface area contributed by atoms with Crippen molar-refractivity contribution < 1.29 is 4.74 Å². The van der Waals surface area contributed by atoms with E-state index < -0.39 is 0 Å². The quantitative estimate of drug-likeness (QED) is 0.810. The molecule has 1 atom stereocenters. The van der Waals surface area contributed by atoms with E-state index in [2.05, 4.69) is 33.3 Å². The van der Waals surface area contributed by atoms with E-state index in [1.165, 1.54) is 25.1 Å². The van der Waals surface area contributed by atoms with Crippen LogP contribution in [0.2, 0.25) is 0 Å². The van der Waals surface area contributed by atoms with Crippen LogP contribution in [0, 0.1) is 0 Å². The van der Waals surface area contributed by atoms with Crippen LogP contribution in [-0.2, 0) is 0 Å². The lowest BCUT2D eigenvalue weighted by atomic mass is 10.1. The SMILES string of the molecule is COc1nccnc1N.C[C@H]1CNc2ncccc21. The molecule has 0 saturated carbocycles. The smallest absolute Gasteiger partial charge is 0.256 e. The van der Waals surface area contributed by atoms with Crippen molar-refractivity contribution in [3.05, 3.63) is 36.3 Å². The molecule has 6 heteroatoms. The van der Waals surface area contributed by atoms with Crippen molar-refractivity contribution in [3.8, 4) is 5.88 Å². The van der Waals surface area contributed by atoms with E-state index in [1.807, 2.05) is 12.3 Å². The lowest BCUT2D eigenvalue weighted by molar-refractivity contribution is 0.398. The molecule has 0 aromatic carbocycles. The predicted molar refractivity (Wildman–Crippen MR) is 74.1 cm³/mol. The topological polar surface area (TPSA) is 86.0 Å². The number of ether oxygens (including phenoxy) is 1. The number of aromatic nitrogens is 3. The Morgan fingerprint density at radius 3 is 2.68 bits per heavy atom. The number of nitrogens with one attached hydrogen (secondary N) is 1. The van der Waals surface area contributed by atoms with Crippen molar-refractivity contribution in [2.45, 2.75) is 12.8 Å². The second-order valence-corrected chi connectivity index (χ2v) is 4.17. The Kier molecular flexibility index (Phi) is 4.12. The third-order valence-corrected chi connectivity index (χ3v) is 2.83. The highest BCUT2D eigenvalue weighted by molar-refractivity contribution is 5.50. The van der Waals surface area contributed by atoms with Gasteiger partial charge in [-0.2, -0.15) is 0 Å². The van der Waals surface area contributed by atoms with Crippen LogP contribution >= 0.6 is 0 Å². The minimum absolute atomic E-state index is 0.319. The fourth-order valence-electron chi connectivity index (χ4n) is 1.82. The molecule has 0 spiro atoms. The summed E-state index contributed by atoms with van der Waals surface area (Å²) in [5.41, 5.74) is 6.68. The van der Waals surface area contributed by atoms with Gasteiger partial charge >= 0.3 is 0 Å². The minimum Gasteiger partial charge on any atom is -0.478 e. The van der Waals surface area contributed by atoms with Crippen molar-refractivity contribution >= 4 is 11.6 Å². The highest BCUT2D eigenvalue weighted by atomic mass is 16.5. The van der Waals surface area contributed by atoms with Gasteiger partial charge in [-0.1, -0.05) is 13.0 Å². The van der Waals surface area contributed by atoms with Crippen LogP contribution in [0.4, 0.5) is 11.6 Å². The van der Waals surface area contributed by atoms with Crippen LogP contribution < -0.4 is 15.8 Å². The zero-order chi connectivity index (χ0) is 13.7. The molecule has 19 heavy (non-hydrogen) atoms. The average Bonchev–Trinajstić information content (AvgIpc) is 2.82. The summed E-state index contributed by atoms with van der Waals surface area (Å²) in [7, 11) is 1.50. The summed E-state index contributed by atoms with van der Waals surface area (Å²) in [6.07, 6.45) is 4.86. The molecular weight excluding hydrogens is 242 g/mol. The van der Waals surface area contributed by atoms with Gasteiger partial charge in [0.05, 0.1) is 7.11 Å². The van der Waals surface area contributed by atoms with E-state index in [0.717, 1.165) is 12.4 Å². The molecule has 0 aliphatic carbocycles. The monoisotopic (exact) mass is 259 g/mol. The summed E-state index contributed by atoms with van der Waals surface area (Å²) in [4.78, 5) is 11.7. The summed E-state index contributed by atoms with van der Waals surface area (Å²) in [6, 6.07) is 4.12. The highest BCUT2D eigenvalue weighted by Gasteiger charge is 2.17. The van der Waals surface area contributed by atoms with Gasteiger partial charge in [0.2, 0.25) is 0 Å². The Morgan fingerprint density at radius 1 is 1.26 bits per heavy atom. The summed E-state index contributed by atoms with van der Waals surface area (Å²) in [5.74, 6) is 2.39. The lowest BCUT2D eigenvalue weighted by Gasteiger charge is -1.97. The first-order chi connectivity index (χ1) is 9.22. The number of rotatable bonds is 1.